The van der Waals surface area contributed by atoms with E-state index in [0.717, 1.165) is 37.6 Å². The molecule has 6 heteroatoms. The summed E-state index contributed by atoms with van der Waals surface area (Å²) < 4.78 is 5.44. The third-order valence-corrected chi connectivity index (χ3v) is 4.55. The van der Waals surface area contributed by atoms with Gasteiger partial charge in [0.25, 0.3) is 5.91 Å². The summed E-state index contributed by atoms with van der Waals surface area (Å²) in [7, 11) is 1.81. The van der Waals surface area contributed by atoms with Crippen LogP contribution in [-0.4, -0.2) is 50.1 Å². The third kappa shape index (κ3) is 4.86. The first kappa shape index (κ1) is 18.9. The first-order valence-corrected chi connectivity index (χ1v) is 9.08. The zero-order valence-electron chi connectivity index (χ0n) is 15.8. The SMILES string of the molecule is CC(=O)Nc1ccc(C(=O)N(C)Cc2ccccc2N2CCOCC2)cc1. The number of benzene rings is 2. The fraction of sp³-hybridized carbons (Fsp3) is 0.333. The van der Waals surface area contributed by atoms with Crippen molar-refractivity contribution in [1.82, 2.24) is 4.90 Å². The molecule has 1 aliphatic rings. The standard InChI is InChI=1S/C21H25N3O3/c1-16(25)22-19-9-7-17(8-10-19)21(26)23(2)15-18-5-3-4-6-20(18)24-11-13-27-14-12-24/h3-10H,11-15H2,1-2H3,(H,22,25). The van der Waals surface area contributed by atoms with Crippen LogP contribution >= 0.6 is 0 Å². The molecule has 2 amide bonds. The Kier molecular flexibility index (Phi) is 6.08. The molecule has 1 N–H and O–H groups in total. The second-order valence-corrected chi connectivity index (χ2v) is 6.65. The van der Waals surface area contributed by atoms with Crippen molar-refractivity contribution in [2.75, 3.05) is 43.6 Å². The maximum absolute atomic E-state index is 12.8. The molecular weight excluding hydrogens is 342 g/mol. The Labute approximate surface area is 159 Å². The van der Waals surface area contributed by atoms with E-state index in [-0.39, 0.29) is 11.8 Å². The van der Waals surface area contributed by atoms with Crippen LogP contribution in [0.2, 0.25) is 0 Å². The molecule has 0 aromatic heterocycles. The van der Waals surface area contributed by atoms with Crippen LogP contribution in [0.5, 0.6) is 0 Å². The number of nitrogens with zero attached hydrogens (tertiary/aromatic N) is 2. The minimum atomic E-state index is -0.133. The van der Waals surface area contributed by atoms with E-state index in [4.69, 9.17) is 4.74 Å². The molecule has 1 saturated heterocycles. The summed E-state index contributed by atoms with van der Waals surface area (Å²) in [4.78, 5) is 27.9. The van der Waals surface area contributed by atoms with Gasteiger partial charge in [-0.2, -0.15) is 0 Å². The van der Waals surface area contributed by atoms with Gasteiger partial charge in [-0.3, -0.25) is 9.59 Å². The molecule has 0 bridgehead atoms. The van der Waals surface area contributed by atoms with Crippen LogP contribution in [0.3, 0.4) is 0 Å². The highest BCUT2D eigenvalue weighted by Gasteiger charge is 2.18. The predicted octanol–water partition coefficient (Wildman–Crippen LogP) is 2.75. The van der Waals surface area contributed by atoms with Gasteiger partial charge in [-0.25, -0.2) is 0 Å². The number of hydrogen-bond acceptors (Lipinski definition) is 4. The number of morpholine rings is 1. The monoisotopic (exact) mass is 367 g/mol. The van der Waals surface area contributed by atoms with Gasteiger partial charge in [0.1, 0.15) is 0 Å². The fourth-order valence-corrected chi connectivity index (χ4v) is 3.20. The zero-order chi connectivity index (χ0) is 19.2. The second kappa shape index (κ2) is 8.68. The van der Waals surface area contributed by atoms with Crippen molar-refractivity contribution in [3.05, 3.63) is 59.7 Å². The predicted molar refractivity (Wildman–Crippen MR) is 106 cm³/mol. The number of amides is 2. The topological polar surface area (TPSA) is 61.9 Å². The summed E-state index contributed by atoms with van der Waals surface area (Å²) >= 11 is 0. The van der Waals surface area contributed by atoms with Crippen LogP contribution in [0.1, 0.15) is 22.8 Å². The Hall–Kier alpha value is -2.86. The molecule has 2 aromatic carbocycles. The summed E-state index contributed by atoms with van der Waals surface area (Å²) in [5.74, 6) is -0.188. The number of anilines is 2. The van der Waals surface area contributed by atoms with Crippen molar-refractivity contribution in [3.8, 4) is 0 Å². The number of para-hydroxylation sites is 1. The molecule has 0 atom stereocenters. The number of nitrogens with one attached hydrogen (secondary N) is 1. The van der Waals surface area contributed by atoms with E-state index in [2.05, 4.69) is 22.3 Å². The average Bonchev–Trinajstić information content (AvgIpc) is 2.68. The fourth-order valence-electron chi connectivity index (χ4n) is 3.20. The van der Waals surface area contributed by atoms with Crippen LogP contribution in [0, 0.1) is 0 Å². The Bertz CT molecular complexity index is 799. The van der Waals surface area contributed by atoms with Crippen molar-refractivity contribution in [3.63, 3.8) is 0 Å². The van der Waals surface area contributed by atoms with Crippen molar-refractivity contribution in [2.45, 2.75) is 13.5 Å². The number of ether oxygens (including phenoxy) is 1. The lowest BCUT2D eigenvalue weighted by molar-refractivity contribution is -0.114. The maximum Gasteiger partial charge on any atom is 0.253 e. The Morgan fingerprint density at radius 3 is 2.41 bits per heavy atom. The number of hydrogen-bond donors (Lipinski definition) is 1. The van der Waals surface area contributed by atoms with Gasteiger partial charge in [0.15, 0.2) is 0 Å². The molecule has 2 aromatic rings. The molecule has 142 valence electrons. The molecule has 27 heavy (non-hydrogen) atoms. The second-order valence-electron chi connectivity index (χ2n) is 6.65. The van der Waals surface area contributed by atoms with E-state index >= 15 is 0 Å². The molecule has 3 rings (SSSR count). The third-order valence-electron chi connectivity index (χ3n) is 4.55. The Balaban J connectivity index is 1.70. The molecular formula is C21H25N3O3. The van der Waals surface area contributed by atoms with Gasteiger partial charge in [-0.05, 0) is 35.9 Å². The molecule has 6 nitrogen and oxygen atoms in total. The van der Waals surface area contributed by atoms with Gasteiger partial charge >= 0.3 is 0 Å². The van der Waals surface area contributed by atoms with Crippen LogP contribution in [0.25, 0.3) is 0 Å². The highest BCUT2D eigenvalue weighted by molar-refractivity contribution is 5.95. The van der Waals surface area contributed by atoms with Crippen molar-refractivity contribution < 1.29 is 14.3 Å². The lowest BCUT2D eigenvalue weighted by Gasteiger charge is -2.31. The number of rotatable bonds is 5. The van der Waals surface area contributed by atoms with E-state index in [0.29, 0.717) is 17.8 Å². The van der Waals surface area contributed by atoms with E-state index in [1.54, 1.807) is 36.2 Å². The van der Waals surface area contributed by atoms with Gasteiger partial charge in [0, 0.05) is 50.5 Å². The molecule has 0 aliphatic carbocycles. The molecule has 0 radical (unpaired) electrons. The summed E-state index contributed by atoms with van der Waals surface area (Å²) in [5.41, 5.74) is 3.54. The molecule has 1 fully saturated rings. The summed E-state index contributed by atoms with van der Waals surface area (Å²) in [5, 5.41) is 2.70. The minimum absolute atomic E-state index is 0.0545. The van der Waals surface area contributed by atoms with Gasteiger partial charge < -0.3 is 19.9 Å². The molecule has 1 heterocycles. The summed E-state index contributed by atoms with van der Waals surface area (Å²) in [6.07, 6.45) is 0. The highest BCUT2D eigenvalue weighted by atomic mass is 16.5. The molecule has 0 spiro atoms. The smallest absolute Gasteiger partial charge is 0.253 e. The number of carbonyl (C=O) groups is 2. The van der Waals surface area contributed by atoms with Gasteiger partial charge in [-0.1, -0.05) is 18.2 Å². The van der Waals surface area contributed by atoms with Crippen LogP contribution < -0.4 is 10.2 Å². The van der Waals surface area contributed by atoms with Crippen molar-refractivity contribution in [2.24, 2.45) is 0 Å². The lowest BCUT2D eigenvalue weighted by Crippen LogP contribution is -2.37. The summed E-state index contributed by atoms with van der Waals surface area (Å²) in [6, 6.07) is 15.1. The van der Waals surface area contributed by atoms with E-state index in [1.807, 2.05) is 12.1 Å². The maximum atomic E-state index is 12.8. The van der Waals surface area contributed by atoms with Crippen molar-refractivity contribution in [1.29, 1.82) is 0 Å². The van der Waals surface area contributed by atoms with Crippen LogP contribution in [0.4, 0.5) is 11.4 Å². The van der Waals surface area contributed by atoms with E-state index in [9.17, 15) is 9.59 Å². The molecule has 1 aliphatic heterocycles. The highest BCUT2D eigenvalue weighted by Crippen LogP contribution is 2.23. The Morgan fingerprint density at radius 2 is 1.74 bits per heavy atom. The number of carbonyl (C=O) groups excluding carboxylic acids is 2. The van der Waals surface area contributed by atoms with E-state index in [1.165, 1.54) is 6.92 Å². The van der Waals surface area contributed by atoms with Gasteiger partial charge in [0.05, 0.1) is 13.2 Å². The van der Waals surface area contributed by atoms with E-state index < -0.39 is 0 Å². The lowest BCUT2D eigenvalue weighted by atomic mass is 10.1. The quantitative estimate of drug-likeness (QED) is 0.883. The first-order chi connectivity index (χ1) is 13.0. The average molecular weight is 367 g/mol. The normalized spacial score (nSPS) is 13.9. The Morgan fingerprint density at radius 1 is 1.07 bits per heavy atom. The molecule has 0 unspecified atom stereocenters. The largest absolute Gasteiger partial charge is 0.378 e. The van der Waals surface area contributed by atoms with Crippen molar-refractivity contribution >= 4 is 23.2 Å². The summed E-state index contributed by atoms with van der Waals surface area (Å²) in [6.45, 7) is 5.16. The first-order valence-electron chi connectivity index (χ1n) is 9.08. The molecule has 0 saturated carbocycles. The van der Waals surface area contributed by atoms with Crippen LogP contribution in [-0.2, 0) is 16.1 Å². The van der Waals surface area contributed by atoms with Gasteiger partial charge in [-0.15, -0.1) is 0 Å². The zero-order valence-corrected chi connectivity index (χ0v) is 15.8. The van der Waals surface area contributed by atoms with Crippen LogP contribution in [0.15, 0.2) is 48.5 Å². The minimum Gasteiger partial charge on any atom is -0.378 e. The van der Waals surface area contributed by atoms with Gasteiger partial charge in [0.2, 0.25) is 5.91 Å².